The lowest BCUT2D eigenvalue weighted by atomic mass is 9.82. The van der Waals surface area contributed by atoms with Crippen LogP contribution in [0.1, 0.15) is 81.5 Å². The molecule has 0 aliphatic heterocycles. The summed E-state index contributed by atoms with van der Waals surface area (Å²) in [5.74, 6) is 1.82. The van der Waals surface area contributed by atoms with Gasteiger partial charge in [-0.05, 0) is 43.7 Å². The van der Waals surface area contributed by atoms with Crippen LogP contribution in [0.5, 0.6) is 5.75 Å². The summed E-state index contributed by atoms with van der Waals surface area (Å²) in [6.45, 7) is 1.31. The number of carbonyl (C=O) groups is 3. The van der Waals surface area contributed by atoms with Gasteiger partial charge in [0.2, 0.25) is 5.91 Å². The van der Waals surface area contributed by atoms with Crippen LogP contribution in [0.15, 0.2) is 24.3 Å². The van der Waals surface area contributed by atoms with Crippen molar-refractivity contribution in [3.05, 3.63) is 29.8 Å². The standard InChI is InChI=1S/C26H34N2O4/c1-3-18-28(26(31)22-16-10-11-17-23(22)32-19(2)29)24(20-12-6-4-7-13-20)25(30)27-21-14-8-5-9-15-21/h1,10-11,16-17,20-21,24H,4-9,12-15,18H2,2H3,(H,27,30). The number of amides is 2. The van der Waals surface area contributed by atoms with E-state index < -0.39 is 12.0 Å². The fourth-order valence-electron chi connectivity index (χ4n) is 5.03. The maximum absolute atomic E-state index is 13.7. The van der Waals surface area contributed by atoms with Crippen molar-refractivity contribution in [2.24, 2.45) is 5.92 Å². The van der Waals surface area contributed by atoms with Gasteiger partial charge in [-0.3, -0.25) is 14.4 Å². The number of nitrogens with zero attached hydrogens (tertiary/aromatic N) is 1. The Morgan fingerprint density at radius 2 is 1.69 bits per heavy atom. The van der Waals surface area contributed by atoms with Gasteiger partial charge in [0.15, 0.2) is 0 Å². The van der Waals surface area contributed by atoms with Crippen molar-refractivity contribution in [3.63, 3.8) is 0 Å². The predicted octanol–water partition coefficient (Wildman–Crippen LogP) is 4.09. The van der Waals surface area contributed by atoms with E-state index in [0.29, 0.717) is 0 Å². The van der Waals surface area contributed by atoms with E-state index in [2.05, 4.69) is 11.2 Å². The van der Waals surface area contributed by atoms with Crippen LogP contribution >= 0.6 is 0 Å². The predicted molar refractivity (Wildman–Crippen MR) is 123 cm³/mol. The zero-order chi connectivity index (χ0) is 22.9. The molecule has 0 aromatic heterocycles. The summed E-state index contributed by atoms with van der Waals surface area (Å²) in [5.41, 5.74) is 0.240. The molecule has 2 amide bonds. The summed E-state index contributed by atoms with van der Waals surface area (Å²) >= 11 is 0. The van der Waals surface area contributed by atoms with Crippen molar-refractivity contribution < 1.29 is 19.1 Å². The molecule has 6 heteroatoms. The number of ether oxygens (including phenoxy) is 1. The SMILES string of the molecule is C#CCN(C(=O)c1ccccc1OC(C)=O)C(C(=O)NC1CCCCC1)C1CCCCC1. The van der Waals surface area contributed by atoms with Gasteiger partial charge in [-0.15, -0.1) is 6.42 Å². The van der Waals surface area contributed by atoms with E-state index in [1.54, 1.807) is 24.3 Å². The first-order valence-corrected chi connectivity index (χ1v) is 11.8. The van der Waals surface area contributed by atoms with E-state index in [0.717, 1.165) is 57.8 Å². The van der Waals surface area contributed by atoms with Crippen LogP contribution in [0.3, 0.4) is 0 Å². The number of rotatable bonds is 7. The van der Waals surface area contributed by atoms with Gasteiger partial charge in [0, 0.05) is 13.0 Å². The molecule has 0 bridgehead atoms. The third-order valence-electron chi connectivity index (χ3n) is 6.55. The number of terminal acetylenes is 1. The monoisotopic (exact) mass is 438 g/mol. The minimum absolute atomic E-state index is 0.0203. The van der Waals surface area contributed by atoms with Crippen molar-refractivity contribution in [1.29, 1.82) is 0 Å². The van der Waals surface area contributed by atoms with Crippen LogP contribution in [0.4, 0.5) is 0 Å². The molecule has 0 saturated heterocycles. The third kappa shape index (κ3) is 6.12. The fourth-order valence-corrected chi connectivity index (χ4v) is 5.03. The van der Waals surface area contributed by atoms with E-state index in [1.165, 1.54) is 18.2 Å². The average Bonchev–Trinajstić information content (AvgIpc) is 2.80. The Labute approximate surface area is 191 Å². The Morgan fingerprint density at radius 3 is 2.31 bits per heavy atom. The second-order valence-corrected chi connectivity index (χ2v) is 8.91. The van der Waals surface area contributed by atoms with Crippen LogP contribution in [-0.4, -0.2) is 41.3 Å². The molecule has 1 aromatic carbocycles. The molecule has 1 atom stereocenters. The third-order valence-corrected chi connectivity index (χ3v) is 6.55. The maximum Gasteiger partial charge on any atom is 0.308 e. The summed E-state index contributed by atoms with van der Waals surface area (Å²) in [5, 5.41) is 3.22. The lowest BCUT2D eigenvalue weighted by Gasteiger charge is -2.38. The van der Waals surface area contributed by atoms with Gasteiger partial charge in [0.05, 0.1) is 12.1 Å². The van der Waals surface area contributed by atoms with E-state index in [1.807, 2.05) is 0 Å². The number of esters is 1. The van der Waals surface area contributed by atoms with Gasteiger partial charge >= 0.3 is 5.97 Å². The summed E-state index contributed by atoms with van der Waals surface area (Å²) in [7, 11) is 0. The Hall–Kier alpha value is -2.81. The first-order chi connectivity index (χ1) is 15.5. The molecule has 0 heterocycles. The zero-order valence-corrected chi connectivity index (χ0v) is 19.0. The molecule has 0 radical (unpaired) electrons. The van der Waals surface area contributed by atoms with Crippen LogP contribution in [0.25, 0.3) is 0 Å². The van der Waals surface area contributed by atoms with E-state index in [9.17, 15) is 14.4 Å². The Morgan fingerprint density at radius 1 is 1.06 bits per heavy atom. The van der Waals surface area contributed by atoms with E-state index in [-0.39, 0.29) is 41.6 Å². The molecule has 2 fully saturated rings. The summed E-state index contributed by atoms with van der Waals surface area (Å²) in [6, 6.07) is 6.13. The smallest absolute Gasteiger partial charge is 0.308 e. The van der Waals surface area contributed by atoms with Gasteiger partial charge < -0.3 is 15.0 Å². The molecule has 2 saturated carbocycles. The zero-order valence-electron chi connectivity index (χ0n) is 19.0. The second-order valence-electron chi connectivity index (χ2n) is 8.91. The van der Waals surface area contributed by atoms with Gasteiger partial charge in [0.1, 0.15) is 11.8 Å². The summed E-state index contributed by atoms with van der Waals surface area (Å²) in [6.07, 6.45) is 16.0. The van der Waals surface area contributed by atoms with Crippen LogP contribution in [0, 0.1) is 18.3 Å². The summed E-state index contributed by atoms with van der Waals surface area (Å²) < 4.78 is 5.26. The molecule has 2 aliphatic rings. The lowest BCUT2D eigenvalue weighted by Crippen LogP contribution is -2.55. The molecule has 32 heavy (non-hydrogen) atoms. The van der Waals surface area contributed by atoms with Gasteiger partial charge in [-0.2, -0.15) is 0 Å². The minimum atomic E-state index is -0.633. The fraction of sp³-hybridized carbons (Fsp3) is 0.577. The van der Waals surface area contributed by atoms with Crippen LogP contribution in [0.2, 0.25) is 0 Å². The van der Waals surface area contributed by atoms with Gasteiger partial charge in [-0.1, -0.05) is 56.6 Å². The molecule has 1 N–H and O–H groups in total. The van der Waals surface area contributed by atoms with Crippen LogP contribution < -0.4 is 10.1 Å². The number of hydrogen-bond donors (Lipinski definition) is 1. The number of benzene rings is 1. The van der Waals surface area contributed by atoms with Crippen molar-refractivity contribution in [3.8, 4) is 18.1 Å². The number of hydrogen-bond acceptors (Lipinski definition) is 4. The number of para-hydroxylation sites is 1. The van der Waals surface area contributed by atoms with E-state index >= 15 is 0 Å². The first-order valence-electron chi connectivity index (χ1n) is 11.8. The molecular weight excluding hydrogens is 404 g/mol. The van der Waals surface area contributed by atoms with Crippen molar-refractivity contribution in [2.75, 3.05) is 6.54 Å². The Balaban J connectivity index is 1.91. The largest absolute Gasteiger partial charge is 0.426 e. The topological polar surface area (TPSA) is 75.7 Å². The van der Waals surface area contributed by atoms with Crippen molar-refractivity contribution in [2.45, 2.75) is 83.2 Å². The quantitative estimate of drug-likeness (QED) is 0.395. The molecule has 1 aromatic rings. The minimum Gasteiger partial charge on any atom is -0.426 e. The molecule has 6 nitrogen and oxygen atoms in total. The molecule has 3 rings (SSSR count). The summed E-state index contributed by atoms with van der Waals surface area (Å²) in [4.78, 5) is 40.3. The highest BCUT2D eigenvalue weighted by molar-refractivity contribution is 6.00. The average molecular weight is 439 g/mol. The second kappa shape index (κ2) is 11.7. The molecular formula is C26H34N2O4. The highest BCUT2D eigenvalue weighted by atomic mass is 16.5. The maximum atomic E-state index is 13.7. The number of nitrogens with one attached hydrogen (secondary N) is 1. The van der Waals surface area contributed by atoms with Crippen molar-refractivity contribution >= 4 is 17.8 Å². The van der Waals surface area contributed by atoms with Crippen LogP contribution in [-0.2, 0) is 9.59 Å². The van der Waals surface area contributed by atoms with Crippen molar-refractivity contribution in [1.82, 2.24) is 10.2 Å². The molecule has 2 aliphatic carbocycles. The highest BCUT2D eigenvalue weighted by Crippen LogP contribution is 2.31. The molecule has 1 unspecified atom stereocenters. The highest BCUT2D eigenvalue weighted by Gasteiger charge is 2.38. The first kappa shape index (κ1) is 23.8. The van der Waals surface area contributed by atoms with E-state index in [4.69, 9.17) is 11.2 Å². The molecule has 0 spiro atoms. The van der Waals surface area contributed by atoms with Gasteiger partial charge in [-0.25, -0.2) is 0 Å². The number of carbonyl (C=O) groups excluding carboxylic acids is 3. The molecule has 172 valence electrons. The Bertz CT molecular complexity index is 848. The Kier molecular flexibility index (Phi) is 8.72. The lowest BCUT2D eigenvalue weighted by molar-refractivity contribution is -0.132. The normalized spacial score (nSPS) is 18.2. The van der Waals surface area contributed by atoms with Gasteiger partial charge in [0.25, 0.3) is 5.91 Å².